The van der Waals surface area contributed by atoms with E-state index in [2.05, 4.69) is 0 Å². The molecule has 0 unspecified atom stereocenters. The first kappa shape index (κ1) is 12.2. The smallest absolute Gasteiger partial charge is 0.269 e. The molecule has 1 aromatic rings. The number of nitriles is 1. The maximum atomic E-state index is 11.8. The summed E-state index contributed by atoms with van der Waals surface area (Å²) in [6.45, 7) is 5.34. The molecule has 0 aliphatic rings. The van der Waals surface area contributed by atoms with Crippen molar-refractivity contribution >= 4 is 5.78 Å². The van der Waals surface area contributed by atoms with Crippen LogP contribution in [0.5, 0.6) is 0 Å². The number of carbonyl (C=O) groups excluding carboxylic acids is 1. The van der Waals surface area contributed by atoms with Crippen LogP contribution in [-0.2, 0) is 11.3 Å². The van der Waals surface area contributed by atoms with E-state index in [1.165, 1.54) is 17.6 Å². The molecule has 0 saturated heterocycles. The van der Waals surface area contributed by atoms with Crippen LogP contribution in [0.1, 0.15) is 37.9 Å². The predicted octanol–water partition coefficient (Wildman–Crippen LogP) is 1.43. The van der Waals surface area contributed by atoms with Crippen LogP contribution in [0.2, 0.25) is 0 Å². The van der Waals surface area contributed by atoms with Gasteiger partial charge in [0.25, 0.3) is 5.56 Å². The van der Waals surface area contributed by atoms with Crippen LogP contribution in [-0.4, -0.2) is 10.4 Å². The Hall–Kier alpha value is -1.89. The summed E-state index contributed by atoms with van der Waals surface area (Å²) in [4.78, 5) is 22.9. The minimum absolute atomic E-state index is 0.0296. The number of aromatic nitrogens is 1. The summed E-state index contributed by atoms with van der Waals surface area (Å²) in [5, 5.41) is 8.76. The van der Waals surface area contributed by atoms with E-state index in [0.717, 1.165) is 5.69 Å². The maximum Gasteiger partial charge on any atom is 0.269 e. The van der Waals surface area contributed by atoms with Crippen molar-refractivity contribution in [3.05, 3.63) is 33.7 Å². The molecule has 0 aliphatic carbocycles. The Morgan fingerprint density at radius 3 is 2.56 bits per heavy atom. The van der Waals surface area contributed by atoms with Crippen molar-refractivity contribution in [1.29, 1.82) is 5.26 Å². The lowest BCUT2D eigenvalue weighted by Crippen LogP contribution is -2.28. The Kier molecular flexibility index (Phi) is 3.62. The van der Waals surface area contributed by atoms with Gasteiger partial charge < -0.3 is 4.57 Å². The van der Waals surface area contributed by atoms with Crippen molar-refractivity contribution in [2.75, 3.05) is 0 Å². The van der Waals surface area contributed by atoms with Crippen molar-refractivity contribution in [1.82, 2.24) is 4.57 Å². The summed E-state index contributed by atoms with van der Waals surface area (Å²) in [7, 11) is 0. The lowest BCUT2D eigenvalue weighted by atomic mass is 10.1. The summed E-state index contributed by atoms with van der Waals surface area (Å²) in [5.41, 5.74) is 0.466. The zero-order valence-corrected chi connectivity index (χ0v) is 9.65. The number of rotatable bonds is 3. The molecular formula is C12H14N2O2. The molecule has 1 aromatic heterocycles. The lowest BCUT2D eigenvalue weighted by molar-refractivity contribution is -0.117. The molecule has 0 radical (unpaired) electrons. The van der Waals surface area contributed by atoms with Crippen molar-refractivity contribution in [3.63, 3.8) is 0 Å². The molecular weight excluding hydrogens is 204 g/mol. The molecule has 0 N–H and O–H groups in total. The third-order valence-electron chi connectivity index (χ3n) is 2.30. The van der Waals surface area contributed by atoms with Gasteiger partial charge >= 0.3 is 0 Å². The molecule has 0 fully saturated rings. The molecule has 0 aliphatic heterocycles. The van der Waals surface area contributed by atoms with Crippen LogP contribution in [0.3, 0.4) is 0 Å². The van der Waals surface area contributed by atoms with Crippen LogP contribution < -0.4 is 5.56 Å². The Morgan fingerprint density at radius 2 is 2.12 bits per heavy atom. The fourth-order valence-electron chi connectivity index (χ4n) is 1.57. The van der Waals surface area contributed by atoms with Crippen molar-refractivity contribution in [2.24, 2.45) is 0 Å². The highest BCUT2D eigenvalue weighted by Gasteiger charge is 2.12. The fourth-order valence-corrected chi connectivity index (χ4v) is 1.57. The molecule has 0 saturated carbocycles. The maximum absolute atomic E-state index is 11.8. The molecule has 4 nitrogen and oxygen atoms in total. The van der Waals surface area contributed by atoms with Crippen molar-refractivity contribution in [2.45, 2.75) is 33.2 Å². The van der Waals surface area contributed by atoms with Gasteiger partial charge in [-0.1, -0.05) is 13.8 Å². The fraction of sp³-hybridized carbons (Fsp3) is 0.417. The number of Topliss-reactive ketones (excluding diaryl/α,β-unsaturated/α-hetero) is 1. The highest BCUT2D eigenvalue weighted by Crippen LogP contribution is 2.12. The molecule has 1 heterocycles. The van der Waals surface area contributed by atoms with Crippen LogP contribution in [0.4, 0.5) is 0 Å². The predicted molar refractivity (Wildman–Crippen MR) is 60.2 cm³/mol. The van der Waals surface area contributed by atoms with Gasteiger partial charge in [-0.2, -0.15) is 5.26 Å². The Bertz CT molecular complexity index is 507. The Labute approximate surface area is 94.1 Å². The second-order valence-electron chi connectivity index (χ2n) is 4.03. The molecule has 4 heteroatoms. The largest absolute Gasteiger partial charge is 0.304 e. The Balaban J connectivity index is 3.44. The van der Waals surface area contributed by atoms with Crippen molar-refractivity contribution < 1.29 is 4.79 Å². The van der Waals surface area contributed by atoms with E-state index in [0.29, 0.717) is 0 Å². The summed E-state index contributed by atoms with van der Waals surface area (Å²) >= 11 is 0. The standard InChI is InChI=1S/C12H14N2O2/c1-8(2)11-5-4-10(6-13)12(16)14(11)7-9(3)15/h4-5,8H,7H2,1-3H3. The van der Waals surface area contributed by atoms with Gasteiger partial charge in [0.1, 0.15) is 17.4 Å². The quantitative estimate of drug-likeness (QED) is 0.771. The molecule has 0 spiro atoms. The normalized spacial score (nSPS) is 10.2. The molecule has 16 heavy (non-hydrogen) atoms. The van der Waals surface area contributed by atoms with Gasteiger partial charge in [-0.15, -0.1) is 0 Å². The van der Waals surface area contributed by atoms with Crippen LogP contribution in [0.15, 0.2) is 16.9 Å². The summed E-state index contributed by atoms with van der Waals surface area (Å²) < 4.78 is 1.38. The molecule has 0 aromatic carbocycles. The average Bonchev–Trinajstić information content (AvgIpc) is 2.19. The van der Waals surface area contributed by atoms with Crippen molar-refractivity contribution in [3.8, 4) is 6.07 Å². The Morgan fingerprint density at radius 1 is 1.50 bits per heavy atom. The third kappa shape index (κ3) is 2.37. The molecule has 0 amide bonds. The first-order chi connectivity index (χ1) is 7.47. The molecule has 84 valence electrons. The molecule has 1 rings (SSSR count). The first-order valence-corrected chi connectivity index (χ1v) is 5.10. The second kappa shape index (κ2) is 4.75. The minimum atomic E-state index is -0.385. The molecule has 0 bridgehead atoms. The number of ketones is 1. The number of hydrogen-bond donors (Lipinski definition) is 0. The van der Waals surface area contributed by atoms with E-state index in [4.69, 9.17) is 5.26 Å². The number of pyridine rings is 1. The van der Waals surface area contributed by atoms with E-state index < -0.39 is 0 Å². The molecule has 0 atom stereocenters. The van der Waals surface area contributed by atoms with E-state index in [1.807, 2.05) is 19.9 Å². The van der Waals surface area contributed by atoms with Gasteiger partial charge in [-0.3, -0.25) is 9.59 Å². The topological polar surface area (TPSA) is 62.9 Å². The average molecular weight is 218 g/mol. The zero-order valence-electron chi connectivity index (χ0n) is 9.65. The first-order valence-electron chi connectivity index (χ1n) is 5.10. The number of hydrogen-bond acceptors (Lipinski definition) is 3. The summed E-state index contributed by atoms with van der Waals surface area (Å²) in [6, 6.07) is 5.07. The number of carbonyl (C=O) groups is 1. The SMILES string of the molecule is CC(=O)Cn1c(C(C)C)ccc(C#N)c1=O. The van der Waals surface area contributed by atoms with Crippen LogP contribution >= 0.6 is 0 Å². The minimum Gasteiger partial charge on any atom is -0.304 e. The van der Waals surface area contributed by atoms with Gasteiger partial charge in [-0.05, 0) is 25.0 Å². The van der Waals surface area contributed by atoms with Gasteiger partial charge in [-0.25, -0.2) is 0 Å². The summed E-state index contributed by atoms with van der Waals surface area (Å²) in [6.07, 6.45) is 0. The van der Waals surface area contributed by atoms with Gasteiger partial charge in [0.05, 0.1) is 6.54 Å². The van der Waals surface area contributed by atoms with Gasteiger partial charge in [0.15, 0.2) is 0 Å². The summed E-state index contributed by atoms with van der Waals surface area (Å²) in [5.74, 6) is 0.0406. The zero-order chi connectivity index (χ0) is 12.3. The van der Waals surface area contributed by atoms with Gasteiger partial charge in [0.2, 0.25) is 0 Å². The highest BCUT2D eigenvalue weighted by molar-refractivity contribution is 5.75. The number of nitrogens with zero attached hydrogens (tertiary/aromatic N) is 2. The second-order valence-corrected chi connectivity index (χ2v) is 4.03. The van der Waals surface area contributed by atoms with Crippen LogP contribution in [0, 0.1) is 11.3 Å². The van der Waals surface area contributed by atoms with E-state index >= 15 is 0 Å². The van der Waals surface area contributed by atoms with E-state index in [1.54, 1.807) is 6.07 Å². The highest BCUT2D eigenvalue weighted by atomic mass is 16.1. The lowest BCUT2D eigenvalue weighted by Gasteiger charge is -2.14. The third-order valence-corrected chi connectivity index (χ3v) is 2.30. The van der Waals surface area contributed by atoms with E-state index in [9.17, 15) is 9.59 Å². The van der Waals surface area contributed by atoms with E-state index in [-0.39, 0.29) is 29.4 Å². The monoisotopic (exact) mass is 218 g/mol. The van der Waals surface area contributed by atoms with Gasteiger partial charge in [0, 0.05) is 5.69 Å². The van der Waals surface area contributed by atoms with Crippen LogP contribution in [0.25, 0.3) is 0 Å².